The van der Waals surface area contributed by atoms with Gasteiger partial charge in [-0.1, -0.05) is 54.6 Å². The third-order valence-corrected chi connectivity index (χ3v) is 5.10. The first-order chi connectivity index (χ1) is 16.5. The molecule has 0 saturated carbocycles. The zero-order valence-corrected chi connectivity index (χ0v) is 17.7. The predicted molar refractivity (Wildman–Crippen MR) is 124 cm³/mol. The molecular formula is C25H17N5O4. The lowest BCUT2D eigenvalue weighted by atomic mass is 10.0. The Hall–Kier alpha value is -5.10. The summed E-state index contributed by atoms with van der Waals surface area (Å²) in [5.74, 6) is -0.933. The normalized spacial score (nSPS) is 13.2. The van der Waals surface area contributed by atoms with Crippen LogP contribution in [0.4, 0.5) is 5.69 Å². The highest BCUT2D eigenvalue weighted by molar-refractivity contribution is 6.20. The number of amidine groups is 1. The summed E-state index contributed by atoms with van der Waals surface area (Å²) < 4.78 is 0. The van der Waals surface area contributed by atoms with E-state index in [0.717, 1.165) is 5.56 Å². The highest BCUT2D eigenvalue weighted by Crippen LogP contribution is 2.30. The van der Waals surface area contributed by atoms with Gasteiger partial charge in [-0.15, -0.1) is 0 Å². The number of nitrogens with zero attached hydrogens (tertiary/aromatic N) is 3. The van der Waals surface area contributed by atoms with Gasteiger partial charge in [-0.25, -0.2) is 4.99 Å². The monoisotopic (exact) mass is 451 g/mol. The molecule has 0 radical (unpaired) electrons. The molecule has 3 aromatic carbocycles. The smallest absolute Gasteiger partial charge is 0.269 e. The molecule has 9 nitrogen and oxygen atoms in total. The topological polar surface area (TPSA) is 137 Å². The van der Waals surface area contributed by atoms with Crippen molar-refractivity contribution in [2.45, 2.75) is 6.54 Å². The summed E-state index contributed by atoms with van der Waals surface area (Å²) in [6.07, 6.45) is 0. The van der Waals surface area contributed by atoms with E-state index in [9.17, 15) is 25.0 Å². The molecule has 2 amide bonds. The SMILES string of the molecule is N#CC(C(=O)NCc1ccccc1)=C1N=C(NC(=O)c2ccc([N+](=O)[O-])cc2)c2ccccc21. The van der Waals surface area contributed by atoms with Crippen LogP contribution in [0.25, 0.3) is 5.70 Å². The molecule has 0 spiro atoms. The van der Waals surface area contributed by atoms with Crippen molar-refractivity contribution in [2.75, 3.05) is 0 Å². The molecule has 34 heavy (non-hydrogen) atoms. The number of benzene rings is 3. The Morgan fingerprint density at radius 3 is 2.24 bits per heavy atom. The van der Waals surface area contributed by atoms with Crippen LogP contribution in [0.2, 0.25) is 0 Å². The van der Waals surface area contributed by atoms with E-state index in [0.29, 0.717) is 11.1 Å². The Kier molecular flexibility index (Phi) is 6.23. The minimum absolute atomic E-state index is 0.134. The van der Waals surface area contributed by atoms with E-state index in [1.165, 1.54) is 24.3 Å². The number of nitro groups is 1. The lowest BCUT2D eigenvalue weighted by molar-refractivity contribution is -0.384. The lowest BCUT2D eigenvalue weighted by Gasteiger charge is -2.06. The Bertz CT molecular complexity index is 1390. The number of non-ortho nitro benzene ring substituents is 1. The van der Waals surface area contributed by atoms with Crippen molar-refractivity contribution in [2.24, 2.45) is 4.99 Å². The van der Waals surface area contributed by atoms with Gasteiger partial charge in [0.1, 0.15) is 17.5 Å². The number of fused-ring (bicyclic) bond motifs is 1. The highest BCUT2D eigenvalue weighted by Gasteiger charge is 2.27. The third-order valence-electron chi connectivity index (χ3n) is 5.10. The van der Waals surface area contributed by atoms with Crippen molar-refractivity contribution in [3.05, 3.63) is 117 Å². The Morgan fingerprint density at radius 2 is 1.59 bits per heavy atom. The van der Waals surface area contributed by atoms with Crippen LogP contribution in [-0.4, -0.2) is 22.6 Å². The molecule has 1 aliphatic rings. The minimum Gasteiger partial charge on any atom is -0.347 e. The fourth-order valence-corrected chi connectivity index (χ4v) is 3.41. The zero-order chi connectivity index (χ0) is 24.1. The van der Waals surface area contributed by atoms with Gasteiger partial charge in [0.25, 0.3) is 17.5 Å². The molecule has 0 fully saturated rings. The van der Waals surface area contributed by atoms with Crippen molar-refractivity contribution in [1.29, 1.82) is 5.26 Å². The minimum atomic E-state index is -0.581. The van der Waals surface area contributed by atoms with Crippen molar-refractivity contribution in [1.82, 2.24) is 10.6 Å². The molecule has 4 rings (SSSR count). The van der Waals surface area contributed by atoms with Crippen LogP contribution < -0.4 is 10.6 Å². The van der Waals surface area contributed by atoms with E-state index >= 15 is 0 Å². The number of carbonyl (C=O) groups excluding carboxylic acids is 2. The third kappa shape index (κ3) is 4.56. The first-order valence-electron chi connectivity index (χ1n) is 10.2. The van der Waals surface area contributed by atoms with Crippen molar-refractivity contribution < 1.29 is 14.5 Å². The molecule has 166 valence electrons. The van der Waals surface area contributed by atoms with Gasteiger partial charge < -0.3 is 10.6 Å². The first-order valence-corrected chi connectivity index (χ1v) is 10.2. The van der Waals surface area contributed by atoms with E-state index in [4.69, 9.17) is 0 Å². The summed E-state index contributed by atoms with van der Waals surface area (Å²) in [4.78, 5) is 40.2. The second-order valence-electron chi connectivity index (χ2n) is 7.27. The number of hydrogen-bond acceptors (Lipinski definition) is 6. The summed E-state index contributed by atoms with van der Waals surface area (Å²) in [5.41, 5.74) is 2.01. The first kappa shape index (κ1) is 22.1. The summed E-state index contributed by atoms with van der Waals surface area (Å²) in [6, 6.07) is 23.3. The molecule has 1 heterocycles. The Labute approximate surface area is 194 Å². The second kappa shape index (κ2) is 9.58. The largest absolute Gasteiger partial charge is 0.347 e. The zero-order valence-electron chi connectivity index (χ0n) is 17.7. The van der Waals surface area contributed by atoms with E-state index in [1.807, 2.05) is 36.4 Å². The van der Waals surface area contributed by atoms with Crippen LogP contribution in [0.15, 0.2) is 89.4 Å². The quantitative estimate of drug-likeness (QED) is 0.265. The molecule has 0 aromatic heterocycles. The van der Waals surface area contributed by atoms with Crippen LogP contribution in [0.1, 0.15) is 27.0 Å². The van der Waals surface area contributed by atoms with Crippen LogP contribution in [-0.2, 0) is 11.3 Å². The number of hydrogen-bond donors (Lipinski definition) is 2. The molecule has 1 aliphatic heterocycles. The summed E-state index contributed by atoms with van der Waals surface area (Å²) in [6.45, 7) is 0.243. The van der Waals surface area contributed by atoms with E-state index in [2.05, 4.69) is 15.6 Å². The van der Waals surface area contributed by atoms with E-state index in [-0.39, 0.29) is 34.9 Å². The van der Waals surface area contributed by atoms with Crippen molar-refractivity contribution in [3.63, 3.8) is 0 Å². The van der Waals surface area contributed by atoms with Gasteiger partial charge in [-0.05, 0) is 17.7 Å². The highest BCUT2D eigenvalue weighted by atomic mass is 16.6. The predicted octanol–water partition coefficient (Wildman–Crippen LogP) is 3.34. The maximum Gasteiger partial charge on any atom is 0.269 e. The van der Waals surface area contributed by atoms with Crippen LogP contribution in [0.3, 0.4) is 0 Å². The summed E-state index contributed by atoms with van der Waals surface area (Å²) in [5, 5.41) is 25.9. The number of nitrogens with one attached hydrogen (secondary N) is 2. The number of nitriles is 1. The molecule has 0 unspecified atom stereocenters. The van der Waals surface area contributed by atoms with Gasteiger partial charge in [0.2, 0.25) is 0 Å². The number of carbonyl (C=O) groups is 2. The Morgan fingerprint density at radius 1 is 0.941 bits per heavy atom. The van der Waals surface area contributed by atoms with Crippen LogP contribution in [0, 0.1) is 21.4 Å². The van der Waals surface area contributed by atoms with E-state index < -0.39 is 16.7 Å². The molecule has 0 saturated heterocycles. The van der Waals surface area contributed by atoms with Crippen molar-refractivity contribution in [3.8, 4) is 6.07 Å². The molecule has 0 aliphatic carbocycles. The standard InChI is InChI=1S/C25H17N5O4/c26-14-21(25(32)27-15-16-6-2-1-3-7-16)22-19-8-4-5-9-20(19)23(28-22)29-24(31)17-10-12-18(13-11-17)30(33)34/h1-13H,15H2,(H,27,32)(H,28,29,31). The number of aliphatic imine (C=N–C) groups is 1. The summed E-state index contributed by atoms with van der Waals surface area (Å²) in [7, 11) is 0. The van der Waals surface area contributed by atoms with Gasteiger partial charge >= 0.3 is 0 Å². The maximum atomic E-state index is 12.8. The van der Waals surface area contributed by atoms with Crippen molar-refractivity contribution >= 4 is 29.0 Å². The van der Waals surface area contributed by atoms with Gasteiger partial charge in [0, 0.05) is 35.4 Å². The van der Waals surface area contributed by atoms with Gasteiger partial charge in [-0.2, -0.15) is 5.26 Å². The second-order valence-corrected chi connectivity index (χ2v) is 7.27. The molecular weight excluding hydrogens is 434 g/mol. The Balaban J connectivity index is 1.61. The molecule has 0 atom stereocenters. The number of nitro benzene ring substituents is 1. The van der Waals surface area contributed by atoms with Gasteiger partial charge in [0.15, 0.2) is 0 Å². The van der Waals surface area contributed by atoms with Crippen LogP contribution >= 0.6 is 0 Å². The molecule has 9 heteroatoms. The van der Waals surface area contributed by atoms with E-state index in [1.54, 1.807) is 24.3 Å². The fraction of sp³-hybridized carbons (Fsp3) is 0.0400. The van der Waals surface area contributed by atoms with Gasteiger partial charge in [0.05, 0.1) is 10.6 Å². The number of amides is 2. The molecule has 2 N–H and O–H groups in total. The number of rotatable bonds is 5. The van der Waals surface area contributed by atoms with Gasteiger partial charge in [-0.3, -0.25) is 19.7 Å². The fourth-order valence-electron chi connectivity index (χ4n) is 3.41. The maximum absolute atomic E-state index is 12.8. The average molecular weight is 451 g/mol. The lowest BCUT2D eigenvalue weighted by Crippen LogP contribution is -2.30. The van der Waals surface area contributed by atoms with Crippen LogP contribution in [0.5, 0.6) is 0 Å². The average Bonchev–Trinajstić information content (AvgIpc) is 3.22. The summed E-state index contributed by atoms with van der Waals surface area (Å²) >= 11 is 0. The molecule has 0 bridgehead atoms. The molecule has 3 aromatic rings.